The summed E-state index contributed by atoms with van der Waals surface area (Å²) in [6.07, 6.45) is 5.01. The zero-order valence-electron chi connectivity index (χ0n) is 20.4. The normalized spacial score (nSPS) is 23.8. The van der Waals surface area contributed by atoms with Gasteiger partial charge in [-0.2, -0.15) is 0 Å². The van der Waals surface area contributed by atoms with Gasteiger partial charge in [0.05, 0.1) is 17.4 Å². The predicted molar refractivity (Wildman–Crippen MR) is 135 cm³/mol. The standard InChI is InChI=1S/C26H35ClN4O2/c1-17-6-7-19-8-9-20-16-21(27)10-11-22(20)29-24(23(19)28-18(17)2)30-12-14-31(15-13-30)25(32)33-26(3,4)5/h6,10-11,16,18-19H,7-9,12-15H2,1-5H3. The zero-order valence-corrected chi connectivity index (χ0v) is 21.2. The first-order chi connectivity index (χ1) is 15.6. The number of piperazine rings is 1. The highest BCUT2D eigenvalue weighted by molar-refractivity contribution is 6.42. The highest BCUT2D eigenvalue weighted by Gasteiger charge is 2.33. The maximum atomic E-state index is 12.6. The Hall–Kier alpha value is -2.34. The SMILES string of the molecule is CC1=CCC2CCc3cc(Cl)ccc3N=C(N3CCN(C(=O)OC(C)(C)C)CC3)C2=NC1C. The average molecular weight is 471 g/mol. The molecule has 6 nitrogen and oxygen atoms in total. The second-order valence-electron chi connectivity index (χ2n) is 10.3. The largest absolute Gasteiger partial charge is 0.444 e. The fraction of sp³-hybridized carbons (Fsp3) is 0.577. The molecule has 3 aliphatic rings. The number of amidine groups is 1. The summed E-state index contributed by atoms with van der Waals surface area (Å²) in [7, 11) is 0. The van der Waals surface area contributed by atoms with Crippen molar-refractivity contribution in [3.8, 4) is 0 Å². The number of fused-ring (bicyclic) bond motifs is 2. The fourth-order valence-corrected chi connectivity index (χ4v) is 4.74. The number of aliphatic imine (C=N–C) groups is 2. The first kappa shape index (κ1) is 23.8. The third-order valence-corrected chi connectivity index (χ3v) is 6.83. The van der Waals surface area contributed by atoms with Crippen molar-refractivity contribution in [2.24, 2.45) is 15.9 Å². The molecule has 0 bridgehead atoms. The molecule has 0 saturated carbocycles. The first-order valence-electron chi connectivity index (χ1n) is 12.0. The number of hydrogen-bond acceptors (Lipinski definition) is 5. The molecule has 1 fully saturated rings. The summed E-state index contributed by atoms with van der Waals surface area (Å²) in [6.45, 7) is 12.6. The van der Waals surface area contributed by atoms with Gasteiger partial charge in [-0.3, -0.25) is 4.99 Å². The van der Waals surface area contributed by atoms with Crippen molar-refractivity contribution in [1.29, 1.82) is 0 Å². The van der Waals surface area contributed by atoms with E-state index < -0.39 is 5.60 Å². The monoisotopic (exact) mass is 470 g/mol. The van der Waals surface area contributed by atoms with Crippen LogP contribution in [0.4, 0.5) is 10.5 Å². The van der Waals surface area contributed by atoms with Crippen LogP contribution in [0.15, 0.2) is 39.8 Å². The molecule has 1 amide bonds. The van der Waals surface area contributed by atoms with Crippen molar-refractivity contribution in [1.82, 2.24) is 9.80 Å². The van der Waals surface area contributed by atoms with Crippen molar-refractivity contribution in [3.05, 3.63) is 40.4 Å². The summed E-state index contributed by atoms with van der Waals surface area (Å²) in [6, 6.07) is 6.10. The smallest absolute Gasteiger partial charge is 0.410 e. The van der Waals surface area contributed by atoms with E-state index in [1.54, 1.807) is 4.90 Å². The summed E-state index contributed by atoms with van der Waals surface area (Å²) in [4.78, 5) is 27.0. The van der Waals surface area contributed by atoms with Crippen molar-refractivity contribution >= 4 is 34.9 Å². The molecule has 3 aliphatic heterocycles. The number of nitrogens with zero attached hydrogens (tertiary/aromatic N) is 4. The number of amides is 1. The molecule has 2 atom stereocenters. The van der Waals surface area contributed by atoms with Gasteiger partial charge in [0, 0.05) is 37.1 Å². The molecule has 0 aromatic heterocycles. The summed E-state index contributed by atoms with van der Waals surface area (Å²) >= 11 is 6.31. The van der Waals surface area contributed by atoms with Crippen molar-refractivity contribution in [2.45, 2.75) is 65.5 Å². The molecule has 1 aromatic rings. The van der Waals surface area contributed by atoms with Crippen LogP contribution in [0.5, 0.6) is 0 Å². The van der Waals surface area contributed by atoms with E-state index in [1.165, 1.54) is 11.1 Å². The molecule has 0 spiro atoms. The minimum Gasteiger partial charge on any atom is -0.444 e. The highest BCUT2D eigenvalue weighted by Crippen LogP contribution is 2.32. The number of aryl methyl sites for hydroxylation is 1. The quantitative estimate of drug-likeness (QED) is 0.459. The highest BCUT2D eigenvalue weighted by atomic mass is 35.5. The number of hydrogen-bond donors (Lipinski definition) is 0. The lowest BCUT2D eigenvalue weighted by atomic mass is 9.89. The lowest BCUT2D eigenvalue weighted by Gasteiger charge is -2.38. The molecule has 1 saturated heterocycles. The van der Waals surface area contributed by atoms with E-state index >= 15 is 0 Å². The van der Waals surface area contributed by atoms with Crippen LogP contribution in [0.25, 0.3) is 0 Å². The van der Waals surface area contributed by atoms with E-state index in [0.29, 0.717) is 32.1 Å². The van der Waals surface area contributed by atoms with Crippen LogP contribution in [-0.2, 0) is 11.2 Å². The number of carbonyl (C=O) groups excluding carboxylic acids is 1. The average Bonchev–Trinajstić information content (AvgIpc) is 2.88. The number of carbonyl (C=O) groups is 1. The molecule has 0 aliphatic carbocycles. The Balaban J connectivity index is 1.65. The first-order valence-corrected chi connectivity index (χ1v) is 12.3. The molecule has 0 N–H and O–H groups in total. The van der Waals surface area contributed by atoms with E-state index in [4.69, 9.17) is 26.3 Å². The predicted octanol–water partition coefficient (Wildman–Crippen LogP) is 5.66. The maximum Gasteiger partial charge on any atom is 0.410 e. The molecular formula is C26H35ClN4O2. The fourth-order valence-electron chi connectivity index (χ4n) is 4.55. The third-order valence-electron chi connectivity index (χ3n) is 6.59. The lowest BCUT2D eigenvalue weighted by molar-refractivity contribution is 0.0188. The van der Waals surface area contributed by atoms with Gasteiger partial charge in [-0.15, -0.1) is 0 Å². The van der Waals surface area contributed by atoms with Crippen molar-refractivity contribution in [2.75, 3.05) is 26.2 Å². The Morgan fingerprint density at radius 3 is 2.61 bits per heavy atom. The van der Waals surface area contributed by atoms with E-state index in [2.05, 4.69) is 24.8 Å². The van der Waals surface area contributed by atoms with Crippen LogP contribution in [0.1, 0.15) is 53.0 Å². The Labute approximate surface area is 202 Å². The van der Waals surface area contributed by atoms with Gasteiger partial charge in [0.25, 0.3) is 0 Å². The Morgan fingerprint density at radius 2 is 1.91 bits per heavy atom. The lowest BCUT2D eigenvalue weighted by Crippen LogP contribution is -2.53. The number of allylic oxidation sites excluding steroid dienone is 1. The van der Waals surface area contributed by atoms with Crippen LogP contribution in [0, 0.1) is 5.92 Å². The van der Waals surface area contributed by atoms with E-state index in [1.807, 2.05) is 39.0 Å². The number of rotatable bonds is 0. The van der Waals surface area contributed by atoms with Gasteiger partial charge < -0.3 is 14.5 Å². The molecular weight excluding hydrogens is 436 g/mol. The van der Waals surface area contributed by atoms with Crippen LogP contribution >= 0.6 is 11.6 Å². The number of halogens is 1. The summed E-state index contributed by atoms with van der Waals surface area (Å²) < 4.78 is 5.58. The molecule has 7 heteroatoms. The summed E-state index contributed by atoms with van der Waals surface area (Å²) in [5, 5.41) is 0.746. The maximum absolute atomic E-state index is 12.6. The molecule has 178 valence electrons. The van der Waals surface area contributed by atoms with Gasteiger partial charge in [-0.1, -0.05) is 23.3 Å². The van der Waals surface area contributed by atoms with Crippen LogP contribution in [0.2, 0.25) is 5.02 Å². The topological polar surface area (TPSA) is 57.5 Å². The second-order valence-corrected chi connectivity index (χ2v) is 10.7. The summed E-state index contributed by atoms with van der Waals surface area (Å²) in [5.41, 5.74) is 4.06. The Morgan fingerprint density at radius 1 is 1.18 bits per heavy atom. The molecule has 1 aromatic carbocycles. The third kappa shape index (κ3) is 5.60. The van der Waals surface area contributed by atoms with Gasteiger partial charge in [0.2, 0.25) is 0 Å². The van der Waals surface area contributed by atoms with E-state index in [0.717, 1.165) is 41.5 Å². The van der Waals surface area contributed by atoms with Gasteiger partial charge >= 0.3 is 6.09 Å². The van der Waals surface area contributed by atoms with Crippen molar-refractivity contribution in [3.63, 3.8) is 0 Å². The van der Waals surface area contributed by atoms with E-state index in [9.17, 15) is 4.79 Å². The van der Waals surface area contributed by atoms with Gasteiger partial charge in [-0.05, 0) is 77.6 Å². The van der Waals surface area contributed by atoms with Crippen LogP contribution in [-0.4, -0.2) is 65.3 Å². The minimum absolute atomic E-state index is 0.141. The van der Waals surface area contributed by atoms with Gasteiger partial charge in [0.1, 0.15) is 5.60 Å². The summed E-state index contributed by atoms with van der Waals surface area (Å²) in [5.74, 6) is 1.27. The van der Waals surface area contributed by atoms with Crippen LogP contribution < -0.4 is 0 Å². The van der Waals surface area contributed by atoms with E-state index in [-0.39, 0.29) is 12.1 Å². The van der Waals surface area contributed by atoms with Gasteiger partial charge in [-0.25, -0.2) is 9.79 Å². The second kappa shape index (κ2) is 9.49. The molecule has 33 heavy (non-hydrogen) atoms. The minimum atomic E-state index is -0.494. The zero-order chi connectivity index (χ0) is 23.8. The van der Waals surface area contributed by atoms with Gasteiger partial charge in [0.15, 0.2) is 5.84 Å². The Bertz CT molecular complexity index is 1000. The molecule has 4 rings (SSSR count). The molecule has 2 unspecified atom stereocenters. The van der Waals surface area contributed by atoms with Crippen molar-refractivity contribution < 1.29 is 9.53 Å². The Kier molecular flexibility index (Phi) is 6.85. The van der Waals surface area contributed by atoms with Crippen LogP contribution in [0.3, 0.4) is 0 Å². The number of benzene rings is 1. The molecule has 3 heterocycles. The molecule has 0 radical (unpaired) electrons. The number of ether oxygens (including phenoxy) is 1.